The monoisotopic (exact) mass is 370 g/mol. The third-order valence-electron chi connectivity index (χ3n) is 4.02. The Labute approximate surface area is 151 Å². The van der Waals surface area contributed by atoms with Gasteiger partial charge in [-0.15, -0.1) is 0 Å². The molecule has 0 fully saturated rings. The van der Waals surface area contributed by atoms with Crippen molar-refractivity contribution in [2.24, 2.45) is 0 Å². The lowest BCUT2D eigenvalue weighted by Gasteiger charge is -2.28. The second-order valence-corrected chi connectivity index (χ2v) is 8.80. The molecule has 0 spiro atoms. The summed E-state index contributed by atoms with van der Waals surface area (Å²) >= 11 is 0. The van der Waals surface area contributed by atoms with Gasteiger partial charge in [-0.2, -0.15) is 0 Å². The summed E-state index contributed by atoms with van der Waals surface area (Å²) in [6, 6.07) is 0. The quantitative estimate of drug-likeness (QED) is 0.696. The first-order valence-electron chi connectivity index (χ1n) is 9.14. The van der Waals surface area contributed by atoms with Crippen molar-refractivity contribution >= 4 is 26.7 Å². The Kier molecular flexibility index (Phi) is 9.48. The lowest BCUT2D eigenvalue weighted by Crippen LogP contribution is -2.51. The first-order valence-corrected chi connectivity index (χ1v) is 10.9. The van der Waals surface area contributed by atoms with E-state index in [9.17, 15) is 14.4 Å². The summed E-state index contributed by atoms with van der Waals surface area (Å²) in [7, 11) is -3.89. The predicted molar refractivity (Wildman–Crippen MR) is 95.3 cm³/mol. The van der Waals surface area contributed by atoms with Crippen LogP contribution in [0.15, 0.2) is 11.3 Å². The highest BCUT2D eigenvalue weighted by Crippen LogP contribution is 2.28. The number of hydrogen-bond acceptors (Lipinski definition) is 6. The van der Waals surface area contributed by atoms with Crippen molar-refractivity contribution in [3.63, 3.8) is 0 Å². The summed E-state index contributed by atoms with van der Waals surface area (Å²) in [5.41, 5.74) is 0. The summed E-state index contributed by atoms with van der Waals surface area (Å²) in [5.74, 6) is -1.87. The van der Waals surface area contributed by atoms with Crippen molar-refractivity contribution in [2.75, 3.05) is 0 Å². The Hall–Kier alpha value is -1.63. The molecular formula is C18H30O6Si. The summed E-state index contributed by atoms with van der Waals surface area (Å²) in [6.07, 6.45) is 12.2. The Balaban J connectivity index is 3.14. The zero-order valence-corrected chi connectivity index (χ0v) is 16.6. The van der Waals surface area contributed by atoms with Gasteiger partial charge in [-0.3, -0.25) is 14.4 Å². The number of carbonyl (C=O) groups is 3. The molecule has 0 saturated heterocycles. The molecule has 0 radical (unpaired) electrons. The van der Waals surface area contributed by atoms with Crippen LogP contribution in [0.2, 0.25) is 0 Å². The average molecular weight is 371 g/mol. The lowest BCUT2D eigenvalue weighted by molar-refractivity contribution is -0.147. The van der Waals surface area contributed by atoms with Gasteiger partial charge in [-0.1, -0.05) is 44.6 Å². The van der Waals surface area contributed by atoms with Crippen LogP contribution in [0.25, 0.3) is 0 Å². The van der Waals surface area contributed by atoms with Gasteiger partial charge in [0.15, 0.2) is 0 Å². The van der Waals surface area contributed by atoms with Gasteiger partial charge in [-0.05, 0) is 25.7 Å². The normalized spacial score (nSPS) is 19.4. The molecule has 0 unspecified atom stereocenters. The van der Waals surface area contributed by atoms with Crippen molar-refractivity contribution in [3.05, 3.63) is 11.3 Å². The van der Waals surface area contributed by atoms with Gasteiger partial charge in [-0.25, -0.2) is 0 Å². The van der Waals surface area contributed by atoms with Gasteiger partial charge in [0.2, 0.25) is 0 Å². The third-order valence-corrected chi connectivity index (χ3v) is 6.93. The minimum absolute atomic E-state index is 0.597. The zero-order valence-electron chi connectivity index (χ0n) is 15.6. The van der Waals surface area contributed by atoms with Crippen LogP contribution in [0.4, 0.5) is 0 Å². The van der Waals surface area contributed by atoms with E-state index in [0.29, 0.717) is 11.6 Å². The molecule has 1 aliphatic carbocycles. The zero-order chi connectivity index (χ0) is 18.7. The third kappa shape index (κ3) is 8.33. The number of hydrogen-bond donors (Lipinski definition) is 0. The van der Waals surface area contributed by atoms with Crippen LogP contribution in [-0.4, -0.2) is 26.7 Å². The number of allylic oxidation sites excluding steroid dienone is 2. The molecule has 0 amide bonds. The van der Waals surface area contributed by atoms with Crippen LogP contribution in [0.5, 0.6) is 0 Å². The first-order chi connectivity index (χ1) is 11.9. The van der Waals surface area contributed by atoms with Gasteiger partial charge >= 0.3 is 8.80 Å². The highest BCUT2D eigenvalue weighted by molar-refractivity contribution is 6.73. The second-order valence-electron chi connectivity index (χ2n) is 6.43. The van der Waals surface area contributed by atoms with Gasteiger partial charge in [0.1, 0.15) is 0 Å². The largest absolute Gasteiger partial charge is 0.738 e. The summed E-state index contributed by atoms with van der Waals surface area (Å²) in [5, 5.41) is 0.661. The van der Waals surface area contributed by atoms with E-state index >= 15 is 0 Å². The molecular weight excluding hydrogens is 340 g/mol. The fourth-order valence-electron chi connectivity index (χ4n) is 3.00. The molecule has 0 N–H and O–H groups in total. The minimum Gasteiger partial charge on any atom is -0.452 e. The summed E-state index contributed by atoms with van der Waals surface area (Å²) in [6.45, 7) is 3.68. The number of carbonyl (C=O) groups excluding carboxylic acids is 3. The predicted octanol–water partition coefficient (Wildman–Crippen LogP) is 3.99. The first kappa shape index (κ1) is 21.4. The SMILES string of the molecule is CC(=O)O[Si](OC(C)=O)(OC(C)=O)/C1=C/CCCCCCCCCC1. The molecule has 1 aliphatic rings. The van der Waals surface area contributed by atoms with Crippen molar-refractivity contribution in [1.82, 2.24) is 0 Å². The highest BCUT2D eigenvalue weighted by Gasteiger charge is 2.55. The van der Waals surface area contributed by atoms with Crippen molar-refractivity contribution in [2.45, 2.75) is 85.0 Å². The molecule has 142 valence electrons. The van der Waals surface area contributed by atoms with E-state index in [4.69, 9.17) is 13.3 Å². The molecule has 0 aromatic rings. The van der Waals surface area contributed by atoms with E-state index in [2.05, 4.69) is 0 Å². The second kappa shape index (κ2) is 11.1. The van der Waals surface area contributed by atoms with Crippen LogP contribution >= 0.6 is 0 Å². The molecule has 0 heterocycles. The van der Waals surface area contributed by atoms with Crippen LogP contribution < -0.4 is 0 Å². The fraction of sp³-hybridized carbons (Fsp3) is 0.722. The van der Waals surface area contributed by atoms with E-state index in [0.717, 1.165) is 38.5 Å². The summed E-state index contributed by atoms with van der Waals surface area (Å²) in [4.78, 5) is 34.9. The Bertz CT molecular complexity index is 459. The van der Waals surface area contributed by atoms with E-state index in [1.807, 2.05) is 6.08 Å². The molecule has 25 heavy (non-hydrogen) atoms. The molecule has 0 aromatic heterocycles. The van der Waals surface area contributed by atoms with Gasteiger partial charge in [0.05, 0.1) is 0 Å². The standard InChI is InChI=1S/C18H30O6Si/c1-15(19)22-25(23-16(2)20,24-17(3)21)18-13-11-9-7-5-4-6-8-10-12-14-18/h13H,4-12,14H2,1-3H3/b18-13+. The maximum absolute atomic E-state index is 11.6. The molecule has 0 aromatic carbocycles. The number of rotatable bonds is 4. The van der Waals surface area contributed by atoms with E-state index in [1.165, 1.54) is 40.0 Å². The molecule has 1 rings (SSSR count). The summed E-state index contributed by atoms with van der Waals surface area (Å²) < 4.78 is 16.1. The van der Waals surface area contributed by atoms with Crippen LogP contribution in [0.3, 0.4) is 0 Å². The minimum atomic E-state index is -3.89. The molecule has 0 atom stereocenters. The molecule has 0 aliphatic heterocycles. The maximum atomic E-state index is 11.6. The van der Waals surface area contributed by atoms with Gasteiger partial charge < -0.3 is 13.3 Å². The van der Waals surface area contributed by atoms with Crippen LogP contribution in [0, 0.1) is 0 Å². The van der Waals surface area contributed by atoms with Crippen molar-refractivity contribution < 1.29 is 27.7 Å². The van der Waals surface area contributed by atoms with Crippen molar-refractivity contribution in [3.8, 4) is 0 Å². The molecule has 0 saturated carbocycles. The average Bonchev–Trinajstić information content (AvgIpc) is 2.45. The molecule has 7 heteroatoms. The maximum Gasteiger partial charge on any atom is 0.738 e. The van der Waals surface area contributed by atoms with E-state index < -0.39 is 26.7 Å². The van der Waals surface area contributed by atoms with Crippen LogP contribution in [-0.2, 0) is 27.7 Å². The van der Waals surface area contributed by atoms with Gasteiger partial charge in [0, 0.05) is 26.0 Å². The fourth-order valence-corrected chi connectivity index (χ4v) is 5.53. The Morgan fingerprint density at radius 2 is 1.12 bits per heavy atom. The highest BCUT2D eigenvalue weighted by atomic mass is 28.4. The molecule has 0 bridgehead atoms. The van der Waals surface area contributed by atoms with E-state index in [1.54, 1.807) is 0 Å². The Morgan fingerprint density at radius 1 is 0.720 bits per heavy atom. The Morgan fingerprint density at radius 3 is 1.56 bits per heavy atom. The smallest absolute Gasteiger partial charge is 0.452 e. The van der Waals surface area contributed by atoms with E-state index in [-0.39, 0.29) is 0 Å². The lowest BCUT2D eigenvalue weighted by atomic mass is 10.0. The van der Waals surface area contributed by atoms with Crippen LogP contribution in [0.1, 0.15) is 85.0 Å². The molecule has 6 nitrogen and oxygen atoms in total. The van der Waals surface area contributed by atoms with Crippen molar-refractivity contribution in [1.29, 1.82) is 0 Å². The van der Waals surface area contributed by atoms with Gasteiger partial charge in [0.25, 0.3) is 17.9 Å². The topological polar surface area (TPSA) is 78.9 Å².